The summed E-state index contributed by atoms with van der Waals surface area (Å²) in [4.78, 5) is 22.6. The van der Waals surface area contributed by atoms with Gasteiger partial charge < -0.3 is 10.4 Å². The largest absolute Gasteiger partial charge is 0.481 e. The molecule has 98 valence electrons. The molecule has 2 N–H and O–H groups in total. The minimum Gasteiger partial charge on any atom is -0.481 e. The summed E-state index contributed by atoms with van der Waals surface area (Å²) in [6, 6.07) is 0.105. The summed E-state index contributed by atoms with van der Waals surface area (Å²) in [7, 11) is 0. The number of hydrogen-bond acceptors (Lipinski definition) is 2. The number of hydrogen-bond donors (Lipinski definition) is 2. The average Bonchev–Trinajstić information content (AvgIpc) is 2.24. The number of carboxylic acids is 1. The van der Waals surface area contributed by atoms with Crippen LogP contribution in [0.1, 0.15) is 47.0 Å². The lowest BCUT2D eigenvalue weighted by atomic mass is 9.61. The Bertz CT molecular complexity index is 312. The molecule has 1 aliphatic carbocycles. The van der Waals surface area contributed by atoms with Crippen molar-refractivity contribution in [3.8, 4) is 0 Å². The summed E-state index contributed by atoms with van der Waals surface area (Å²) < 4.78 is 0. The van der Waals surface area contributed by atoms with E-state index < -0.39 is 5.97 Å². The van der Waals surface area contributed by atoms with Crippen molar-refractivity contribution in [2.24, 2.45) is 17.3 Å². The number of amides is 1. The maximum Gasteiger partial charge on any atom is 0.307 e. The zero-order valence-electron chi connectivity index (χ0n) is 11.1. The first-order valence-electron chi connectivity index (χ1n) is 6.32. The standard InChI is InChI=1S/C13H23NO3/c1-5-11(15)14-10-7-6-9(12(16)17)13(3,4)8(10)2/h8-10H,5-7H2,1-4H3,(H,14,15)(H,16,17). The Labute approximate surface area is 103 Å². The number of carboxylic acid groups (broad SMARTS) is 1. The first-order chi connectivity index (χ1) is 7.80. The maximum absolute atomic E-state index is 11.4. The minimum atomic E-state index is -0.720. The molecule has 0 radical (unpaired) electrons. The minimum absolute atomic E-state index is 0.0476. The molecule has 0 aromatic carbocycles. The molecule has 4 nitrogen and oxygen atoms in total. The summed E-state index contributed by atoms with van der Waals surface area (Å²) in [5.41, 5.74) is -0.282. The molecule has 0 aliphatic heterocycles. The van der Waals surface area contributed by atoms with Crippen LogP contribution in [0.4, 0.5) is 0 Å². The van der Waals surface area contributed by atoms with Gasteiger partial charge in [-0.3, -0.25) is 9.59 Å². The van der Waals surface area contributed by atoms with Crippen molar-refractivity contribution in [1.29, 1.82) is 0 Å². The Balaban J connectivity index is 2.78. The van der Waals surface area contributed by atoms with E-state index in [-0.39, 0.29) is 29.2 Å². The summed E-state index contributed by atoms with van der Waals surface area (Å²) in [5.74, 6) is -0.811. The van der Waals surface area contributed by atoms with Crippen LogP contribution in [-0.4, -0.2) is 23.0 Å². The van der Waals surface area contributed by atoms with Crippen LogP contribution in [-0.2, 0) is 9.59 Å². The smallest absolute Gasteiger partial charge is 0.307 e. The molecule has 1 amide bonds. The van der Waals surface area contributed by atoms with Crippen LogP contribution in [0.15, 0.2) is 0 Å². The molecule has 0 aromatic heterocycles. The highest BCUT2D eigenvalue weighted by Gasteiger charge is 2.46. The zero-order chi connectivity index (χ0) is 13.2. The van der Waals surface area contributed by atoms with Crippen molar-refractivity contribution >= 4 is 11.9 Å². The van der Waals surface area contributed by atoms with E-state index >= 15 is 0 Å². The fraction of sp³-hybridized carbons (Fsp3) is 0.846. The second-order valence-corrected chi connectivity index (χ2v) is 5.61. The van der Waals surface area contributed by atoms with E-state index in [2.05, 4.69) is 5.32 Å². The Morgan fingerprint density at radius 2 is 1.94 bits per heavy atom. The highest BCUT2D eigenvalue weighted by molar-refractivity contribution is 5.76. The normalized spacial score (nSPS) is 31.9. The van der Waals surface area contributed by atoms with Gasteiger partial charge in [0.1, 0.15) is 0 Å². The Morgan fingerprint density at radius 1 is 1.35 bits per heavy atom. The van der Waals surface area contributed by atoms with Gasteiger partial charge in [-0.1, -0.05) is 27.7 Å². The van der Waals surface area contributed by atoms with Crippen molar-refractivity contribution in [2.45, 2.75) is 53.0 Å². The van der Waals surface area contributed by atoms with Crippen molar-refractivity contribution in [1.82, 2.24) is 5.32 Å². The van der Waals surface area contributed by atoms with Gasteiger partial charge in [0, 0.05) is 12.5 Å². The van der Waals surface area contributed by atoms with E-state index in [1.807, 2.05) is 27.7 Å². The number of carbonyl (C=O) groups is 2. The molecule has 17 heavy (non-hydrogen) atoms. The van der Waals surface area contributed by atoms with Gasteiger partial charge in [0.25, 0.3) is 0 Å². The average molecular weight is 241 g/mol. The van der Waals surface area contributed by atoms with Crippen LogP contribution in [0.3, 0.4) is 0 Å². The van der Waals surface area contributed by atoms with Gasteiger partial charge in [0.15, 0.2) is 0 Å². The number of nitrogens with one attached hydrogen (secondary N) is 1. The molecule has 3 atom stereocenters. The first-order valence-corrected chi connectivity index (χ1v) is 6.32. The van der Waals surface area contributed by atoms with Crippen LogP contribution >= 0.6 is 0 Å². The molecule has 4 heteroatoms. The van der Waals surface area contributed by atoms with Crippen LogP contribution < -0.4 is 5.32 Å². The maximum atomic E-state index is 11.4. The summed E-state index contributed by atoms with van der Waals surface area (Å²) >= 11 is 0. The van der Waals surface area contributed by atoms with E-state index in [1.54, 1.807) is 0 Å². The van der Waals surface area contributed by atoms with Gasteiger partial charge in [0.2, 0.25) is 5.91 Å². The summed E-state index contributed by atoms with van der Waals surface area (Å²) in [6.45, 7) is 7.84. The van der Waals surface area contributed by atoms with E-state index in [4.69, 9.17) is 0 Å². The van der Waals surface area contributed by atoms with Crippen LogP contribution in [0, 0.1) is 17.3 Å². The SMILES string of the molecule is CCC(=O)NC1CCC(C(=O)O)C(C)(C)C1C. The fourth-order valence-corrected chi connectivity index (χ4v) is 2.75. The molecule has 0 saturated heterocycles. The zero-order valence-corrected chi connectivity index (χ0v) is 11.1. The lowest BCUT2D eigenvalue weighted by molar-refractivity contribution is -0.150. The van der Waals surface area contributed by atoms with E-state index in [1.165, 1.54) is 0 Å². The molecule has 1 aliphatic rings. The van der Waals surface area contributed by atoms with Crippen molar-refractivity contribution in [2.75, 3.05) is 0 Å². The molecule has 0 aromatic rings. The third-order valence-electron chi connectivity index (χ3n) is 4.41. The molecule has 3 unspecified atom stereocenters. The van der Waals surface area contributed by atoms with Gasteiger partial charge in [-0.05, 0) is 24.2 Å². The topological polar surface area (TPSA) is 66.4 Å². The third-order valence-corrected chi connectivity index (χ3v) is 4.41. The second kappa shape index (κ2) is 5.07. The number of rotatable bonds is 3. The molecule has 0 heterocycles. The predicted octanol–water partition coefficient (Wildman–Crippen LogP) is 2.04. The highest BCUT2D eigenvalue weighted by Crippen LogP contribution is 2.45. The Morgan fingerprint density at radius 3 is 2.41 bits per heavy atom. The van der Waals surface area contributed by atoms with Crippen LogP contribution in [0.5, 0.6) is 0 Å². The Hall–Kier alpha value is -1.06. The van der Waals surface area contributed by atoms with Crippen LogP contribution in [0.2, 0.25) is 0 Å². The predicted molar refractivity (Wildman–Crippen MR) is 65.5 cm³/mol. The van der Waals surface area contributed by atoms with Crippen molar-refractivity contribution in [3.05, 3.63) is 0 Å². The molecule has 0 spiro atoms. The van der Waals surface area contributed by atoms with Crippen molar-refractivity contribution in [3.63, 3.8) is 0 Å². The van der Waals surface area contributed by atoms with Crippen LogP contribution in [0.25, 0.3) is 0 Å². The van der Waals surface area contributed by atoms with Crippen molar-refractivity contribution < 1.29 is 14.7 Å². The second-order valence-electron chi connectivity index (χ2n) is 5.61. The van der Waals surface area contributed by atoms with Gasteiger partial charge in [-0.25, -0.2) is 0 Å². The van der Waals surface area contributed by atoms with E-state index in [0.29, 0.717) is 12.8 Å². The summed E-state index contributed by atoms with van der Waals surface area (Å²) in [5, 5.41) is 12.2. The van der Waals surface area contributed by atoms with E-state index in [9.17, 15) is 14.7 Å². The van der Waals surface area contributed by atoms with Gasteiger partial charge >= 0.3 is 5.97 Å². The third kappa shape index (κ3) is 2.79. The van der Waals surface area contributed by atoms with Gasteiger partial charge in [-0.15, -0.1) is 0 Å². The first kappa shape index (κ1) is 14.0. The molecular weight excluding hydrogens is 218 g/mol. The number of aliphatic carboxylic acids is 1. The highest BCUT2D eigenvalue weighted by atomic mass is 16.4. The molecule has 1 rings (SSSR count). The lowest BCUT2D eigenvalue weighted by Gasteiger charge is -2.46. The fourth-order valence-electron chi connectivity index (χ4n) is 2.75. The summed E-state index contributed by atoms with van der Waals surface area (Å²) in [6.07, 6.45) is 1.88. The number of carbonyl (C=O) groups excluding carboxylic acids is 1. The van der Waals surface area contributed by atoms with Gasteiger partial charge in [-0.2, -0.15) is 0 Å². The molecule has 1 fully saturated rings. The quantitative estimate of drug-likeness (QED) is 0.794. The monoisotopic (exact) mass is 241 g/mol. The Kier molecular flexibility index (Phi) is 4.17. The lowest BCUT2D eigenvalue weighted by Crippen LogP contribution is -2.52. The van der Waals surface area contributed by atoms with E-state index in [0.717, 1.165) is 6.42 Å². The molecule has 0 bridgehead atoms. The molecular formula is C13H23NO3. The van der Waals surface area contributed by atoms with Gasteiger partial charge in [0.05, 0.1) is 5.92 Å². The molecule has 1 saturated carbocycles.